The van der Waals surface area contributed by atoms with Crippen molar-refractivity contribution in [3.63, 3.8) is 0 Å². The minimum Gasteiger partial charge on any atom is -0.496 e. The van der Waals surface area contributed by atoms with Crippen molar-refractivity contribution in [1.29, 1.82) is 0 Å². The van der Waals surface area contributed by atoms with Gasteiger partial charge in [-0.2, -0.15) is 0 Å². The fourth-order valence-electron chi connectivity index (χ4n) is 1.77. The number of methoxy groups -OCH3 is 1. The van der Waals surface area contributed by atoms with Crippen LogP contribution in [0.25, 0.3) is 11.3 Å². The van der Waals surface area contributed by atoms with Crippen LogP contribution >= 0.6 is 0 Å². The van der Waals surface area contributed by atoms with Crippen LogP contribution in [-0.2, 0) is 0 Å². The lowest BCUT2D eigenvalue weighted by atomic mass is 9.98. The first-order valence-corrected chi connectivity index (χ1v) is 5.52. The van der Waals surface area contributed by atoms with Crippen LogP contribution in [0.4, 0.5) is 5.88 Å². The summed E-state index contributed by atoms with van der Waals surface area (Å²) in [5, 5.41) is 3.90. The van der Waals surface area contributed by atoms with E-state index in [1.54, 1.807) is 13.2 Å². The second-order valence-electron chi connectivity index (χ2n) is 4.23. The smallest absolute Gasteiger partial charge is 0.222 e. The summed E-state index contributed by atoms with van der Waals surface area (Å²) in [5.74, 6) is 1.59. The number of nitrogens with zero attached hydrogens (tertiary/aromatic N) is 1. The lowest BCUT2D eigenvalue weighted by Crippen LogP contribution is -1.94. The van der Waals surface area contributed by atoms with Crippen molar-refractivity contribution in [1.82, 2.24) is 5.16 Å². The van der Waals surface area contributed by atoms with Gasteiger partial charge < -0.3 is 15.0 Å². The van der Waals surface area contributed by atoms with E-state index in [2.05, 4.69) is 25.1 Å². The summed E-state index contributed by atoms with van der Waals surface area (Å²) in [6, 6.07) is 7.66. The van der Waals surface area contributed by atoms with Crippen molar-refractivity contribution in [3.05, 3.63) is 29.8 Å². The topological polar surface area (TPSA) is 61.3 Å². The molecule has 0 spiro atoms. The Hall–Kier alpha value is -1.97. The fourth-order valence-corrected chi connectivity index (χ4v) is 1.77. The van der Waals surface area contributed by atoms with E-state index in [4.69, 9.17) is 15.0 Å². The summed E-state index contributed by atoms with van der Waals surface area (Å²) >= 11 is 0. The number of ether oxygens (including phenoxy) is 1. The SMILES string of the molecule is COc1ccc(-c2cc(N)on2)cc1C(C)C. The standard InChI is InChI=1S/C13H16N2O2/c1-8(2)10-6-9(4-5-12(10)16-3)11-7-13(14)17-15-11/h4-8H,14H2,1-3H3. The van der Waals surface area contributed by atoms with E-state index in [0.29, 0.717) is 11.8 Å². The third-order valence-corrected chi connectivity index (χ3v) is 2.68. The lowest BCUT2D eigenvalue weighted by Gasteiger charge is -2.12. The van der Waals surface area contributed by atoms with Gasteiger partial charge in [0.1, 0.15) is 11.4 Å². The van der Waals surface area contributed by atoms with E-state index in [1.165, 1.54) is 0 Å². The van der Waals surface area contributed by atoms with Crippen LogP contribution in [0.2, 0.25) is 0 Å². The molecule has 0 saturated carbocycles. The maximum absolute atomic E-state index is 5.52. The summed E-state index contributed by atoms with van der Waals surface area (Å²) in [6.07, 6.45) is 0. The van der Waals surface area contributed by atoms with Crippen LogP contribution in [0, 0.1) is 0 Å². The molecular weight excluding hydrogens is 216 g/mol. The van der Waals surface area contributed by atoms with Crippen LogP contribution in [0.3, 0.4) is 0 Å². The molecule has 2 N–H and O–H groups in total. The molecule has 0 aliphatic rings. The maximum Gasteiger partial charge on any atom is 0.222 e. The van der Waals surface area contributed by atoms with Gasteiger partial charge in [0.2, 0.25) is 5.88 Å². The maximum atomic E-state index is 5.52. The average molecular weight is 232 g/mol. The van der Waals surface area contributed by atoms with Gasteiger partial charge >= 0.3 is 0 Å². The highest BCUT2D eigenvalue weighted by atomic mass is 16.5. The quantitative estimate of drug-likeness (QED) is 0.883. The van der Waals surface area contributed by atoms with Crippen LogP contribution in [0.5, 0.6) is 5.75 Å². The Morgan fingerprint density at radius 1 is 1.29 bits per heavy atom. The molecule has 0 radical (unpaired) electrons. The Labute approximate surface area is 100 Å². The molecule has 1 aromatic heterocycles. The predicted molar refractivity (Wildman–Crippen MR) is 67.0 cm³/mol. The second-order valence-corrected chi connectivity index (χ2v) is 4.23. The Morgan fingerprint density at radius 3 is 2.59 bits per heavy atom. The molecule has 17 heavy (non-hydrogen) atoms. The third-order valence-electron chi connectivity index (χ3n) is 2.68. The minimum absolute atomic E-state index is 0.321. The highest BCUT2D eigenvalue weighted by Crippen LogP contribution is 2.31. The van der Waals surface area contributed by atoms with Gasteiger partial charge in [0.25, 0.3) is 0 Å². The highest BCUT2D eigenvalue weighted by Gasteiger charge is 2.11. The number of nitrogen functional groups attached to an aromatic ring is 1. The molecule has 1 heterocycles. The van der Waals surface area contributed by atoms with Gasteiger partial charge in [0, 0.05) is 11.6 Å². The van der Waals surface area contributed by atoms with Crippen molar-refractivity contribution in [2.45, 2.75) is 19.8 Å². The monoisotopic (exact) mass is 232 g/mol. The zero-order valence-corrected chi connectivity index (χ0v) is 10.2. The first-order chi connectivity index (χ1) is 8.11. The van der Waals surface area contributed by atoms with Crippen LogP contribution in [0.15, 0.2) is 28.8 Å². The van der Waals surface area contributed by atoms with E-state index < -0.39 is 0 Å². The summed E-state index contributed by atoms with van der Waals surface area (Å²) < 4.78 is 10.2. The first kappa shape index (κ1) is 11.5. The second kappa shape index (κ2) is 4.49. The molecule has 90 valence electrons. The molecule has 2 aromatic rings. The molecule has 0 unspecified atom stereocenters. The third kappa shape index (κ3) is 2.25. The Balaban J connectivity index is 2.47. The largest absolute Gasteiger partial charge is 0.496 e. The number of rotatable bonds is 3. The van der Waals surface area contributed by atoms with E-state index in [0.717, 1.165) is 22.6 Å². The molecule has 0 aliphatic heterocycles. The average Bonchev–Trinajstić information content (AvgIpc) is 2.75. The number of nitrogens with two attached hydrogens (primary N) is 1. The van der Waals surface area contributed by atoms with Gasteiger partial charge in [0.05, 0.1) is 7.11 Å². The summed E-state index contributed by atoms with van der Waals surface area (Å²) in [6.45, 7) is 4.25. The lowest BCUT2D eigenvalue weighted by molar-refractivity contribution is 0.407. The Morgan fingerprint density at radius 2 is 2.06 bits per heavy atom. The molecule has 0 atom stereocenters. The van der Waals surface area contributed by atoms with Crippen molar-refractivity contribution >= 4 is 5.88 Å². The van der Waals surface area contributed by atoms with E-state index >= 15 is 0 Å². The van der Waals surface area contributed by atoms with Crippen molar-refractivity contribution in [2.75, 3.05) is 12.8 Å². The molecule has 0 bridgehead atoms. The summed E-state index contributed by atoms with van der Waals surface area (Å²) in [7, 11) is 1.68. The zero-order valence-electron chi connectivity index (χ0n) is 10.2. The van der Waals surface area contributed by atoms with Crippen molar-refractivity contribution < 1.29 is 9.26 Å². The molecule has 0 fully saturated rings. The van der Waals surface area contributed by atoms with Crippen LogP contribution in [0.1, 0.15) is 25.3 Å². The van der Waals surface area contributed by atoms with Gasteiger partial charge in [-0.1, -0.05) is 19.0 Å². The van der Waals surface area contributed by atoms with Crippen LogP contribution < -0.4 is 10.5 Å². The molecule has 1 aromatic carbocycles. The van der Waals surface area contributed by atoms with Gasteiger partial charge in [-0.25, -0.2) is 0 Å². The minimum atomic E-state index is 0.321. The molecule has 0 amide bonds. The number of hydrogen-bond acceptors (Lipinski definition) is 4. The molecule has 0 saturated heterocycles. The summed E-state index contributed by atoms with van der Waals surface area (Å²) in [4.78, 5) is 0. The van der Waals surface area contributed by atoms with Gasteiger partial charge in [-0.15, -0.1) is 0 Å². The van der Waals surface area contributed by atoms with E-state index in [9.17, 15) is 0 Å². The Kier molecular flexibility index (Phi) is 3.04. The summed E-state index contributed by atoms with van der Waals surface area (Å²) in [5.41, 5.74) is 8.39. The van der Waals surface area contributed by atoms with Gasteiger partial charge in [-0.3, -0.25) is 0 Å². The van der Waals surface area contributed by atoms with Crippen molar-refractivity contribution in [2.24, 2.45) is 0 Å². The number of anilines is 1. The molecule has 4 heteroatoms. The molecule has 0 aliphatic carbocycles. The van der Waals surface area contributed by atoms with Crippen LogP contribution in [-0.4, -0.2) is 12.3 Å². The van der Waals surface area contributed by atoms with Gasteiger partial charge in [0.15, 0.2) is 0 Å². The number of hydrogen-bond donors (Lipinski definition) is 1. The Bertz CT molecular complexity index is 518. The van der Waals surface area contributed by atoms with Crippen molar-refractivity contribution in [3.8, 4) is 17.0 Å². The normalized spacial score (nSPS) is 10.8. The van der Waals surface area contributed by atoms with E-state index in [1.807, 2.05) is 12.1 Å². The fraction of sp³-hybridized carbons (Fsp3) is 0.308. The first-order valence-electron chi connectivity index (χ1n) is 5.52. The number of aromatic nitrogens is 1. The molecule has 2 rings (SSSR count). The molecular formula is C13H16N2O2. The predicted octanol–water partition coefficient (Wildman–Crippen LogP) is 3.06. The van der Waals surface area contributed by atoms with Gasteiger partial charge in [-0.05, 0) is 29.7 Å². The molecule has 4 nitrogen and oxygen atoms in total. The zero-order chi connectivity index (χ0) is 12.4. The highest BCUT2D eigenvalue weighted by molar-refractivity contribution is 5.64. The number of benzene rings is 1. The van der Waals surface area contributed by atoms with E-state index in [-0.39, 0.29) is 0 Å².